The third-order valence-corrected chi connectivity index (χ3v) is 3.24. The van der Waals surface area contributed by atoms with Gasteiger partial charge in [0.15, 0.2) is 0 Å². The quantitative estimate of drug-likeness (QED) is 0.479. The minimum absolute atomic E-state index is 0.0898. The van der Waals surface area contributed by atoms with Gasteiger partial charge in [0.05, 0.1) is 5.69 Å². The molecule has 5 nitrogen and oxygen atoms in total. The zero-order valence-electron chi connectivity index (χ0n) is 10.6. The number of nitrogens with one attached hydrogen (secondary N) is 1. The molecule has 1 atom stereocenters. The number of nitrogens with two attached hydrogens (primary N) is 1. The van der Waals surface area contributed by atoms with Crippen molar-refractivity contribution in [2.75, 3.05) is 11.9 Å². The molecule has 0 aromatic heterocycles. The molecule has 0 bridgehead atoms. The molecular weight excluding hydrogens is 249 g/mol. The van der Waals surface area contributed by atoms with Crippen molar-refractivity contribution < 1.29 is 14.0 Å². The van der Waals surface area contributed by atoms with Crippen LogP contribution < -0.4 is 11.2 Å². The number of piperidine rings is 1. The largest absolute Gasteiger partial charge is 0.323 e. The molecule has 102 valence electrons. The predicted molar refractivity (Wildman–Crippen MR) is 68.4 cm³/mol. The van der Waals surface area contributed by atoms with Crippen LogP contribution in [0.15, 0.2) is 18.2 Å². The smallest absolute Gasteiger partial charge is 0.249 e. The van der Waals surface area contributed by atoms with E-state index in [1.165, 1.54) is 6.07 Å². The highest BCUT2D eigenvalue weighted by Gasteiger charge is 2.33. The number of benzene rings is 1. The number of aryl methyl sites for hydroxylation is 1. The van der Waals surface area contributed by atoms with E-state index in [1.54, 1.807) is 19.1 Å². The number of anilines is 1. The third kappa shape index (κ3) is 2.73. The summed E-state index contributed by atoms with van der Waals surface area (Å²) in [6.07, 6.45) is 1.10. The van der Waals surface area contributed by atoms with Gasteiger partial charge in [-0.2, -0.15) is 0 Å². The summed E-state index contributed by atoms with van der Waals surface area (Å²) in [6.45, 7) is 2.06. The molecule has 0 unspecified atom stereocenters. The van der Waals surface area contributed by atoms with Gasteiger partial charge in [-0.15, -0.1) is 0 Å². The lowest BCUT2D eigenvalue weighted by molar-refractivity contribution is -0.143. The topological polar surface area (TPSA) is 75.4 Å². The predicted octanol–water partition coefficient (Wildman–Crippen LogP) is 1.18. The fourth-order valence-corrected chi connectivity index (χ4v) is 2.11. The van der Waals surface area contributed by atoms with E-state index in [0.29, 0.717) is 24.9 Å². The molecule has 1 heterocycles. The van der Waals surface area contributed by atoms with E-state index in [2.05, 4.69) is 5.32 Å². The number of halogens is 1. The molecule has 1 aliphatic heterocycles. The molecule has 1 fully saturated rings. The van der Waals surface area contributed by atoms with Crippen LogP contribution in [-0.2, 0) is 9.59 Å². The molecule has 0 saturated carbocycles. The molecule has 0 spiro atoms. The van der Waals surface area contributed by atoms with Gasteiger partial charge in [-0.3, -0.25) is 14.6 Å². The average Bonchev–Trinajstić information content (AvgIpc) is 2.38. The number of amides is 2. The van der Waals surface area contributed by atoms with E-state index in [0.717, 1.165) is 5.01 Å². The number of hydrogen-bond donors (Lipinski definition) is 2. The van der Waals surface area contributed by atoms with Crippen LogP contribution in [0.25, 0.3) is 0 Å². The van der Waals surface area contributed by atoms with Gasteiger partial charge in [0.2, 0.25) is 11.8 Å². The highest BCUT2D eigenvalue weighted by atomic mass is 19.1. The first kappa shape index (κ1) is 13.5. The number of carbonyl (C=O) groups excluding carboxylic acids is 2. The van der Waals surface area contributed by atoms with Crippen molar-refractivity contribution in [3.63, 3.8) is 0 Å². The van der Waals surface area contributed by atoms with Gasteiger partial charge in [-0.05, 0) is 31.4 Å². The summed E-state index contributed by atoms with van der Waals surface area (Å²) in [5.41, 5.74) is 0.528. The van der Waals surface area contributed by atoms with Crippen molar-refractivity contribution >= 4 is 17.5 Å². The summed E-state index contributed by atoms with van der Waals surface area (Å²) in [7, 11) is 0. The van der Waals surface area contributed by atoms with Gasteiger partial charge in [-0.25, -0.2) is 10.2 Å². The average molecular weight is 265 g/mol. The van der Waals surface area contributed by atoms with Gasteiger partial charge in [-0.1, -0.05) is 12.1 Å². The molecule has 0 radical (unpaired) electrons. The number of nitrogens with zero attached hydrogens (tertiary/aromatic N) is 1. The van der Waals surface area contributed by atoms with Crippen molar-refractivity contribution in [1.29, 1.82) is 0 Å². The lowest BCUT2D eigenvalue weighted by Gasteiger charge is -2.27. The Morgan fingerprint density at radius 3 is 3.00 bits per heavy atom. The third-order valence-electron chi connectivity index (χ3n) is 3.24. The van der Waals surface area contributed by atoms with Crippen molar-refractivity contribution in [2.24, 2.45) is 11.8 Å². The van der Waals surface area contributed by atoms with E-state index in [-0.39, 0.29) is 5.69 Å². The molecule has 2 amide bonds. The second-order valence-electron chi connectivity index (χ2n) is 4.65. The Morgan fingerprint density at radius 2 is 2.26 bits per heavy atom. The SMILES string of the molecule is Cc1cccc(NC(=O)[C@@H]2CCCN(N)C2=O)c1F. The zero-order valence-corrected chi connectivity index (χ0v) is 10.6. The molecule has 3 N–H and O–H groups in total. The molecule has 6 heteroatoms. The van der Waals surface area contributed by atoms with Crippen LogP contribution in [0.4, 0.5) is 10.1 Å². The zero-order chi connectivity index (χ0) is 14.0. The molecule has 1 saturated heterocycles. The standard InChI is InChI=1S/C13H16FN3O2/c1-8-4-2-6-10(11(8)14)16-12(18)9-5-3-7-17(15)13(9)19/h2,4,6,9H,3,5,7,15H2,1H3,(H,16,18)/t9-/m0/s1. The number of hydrazine groups is 1. The van der Waals surface area contributed by atoms with Crippen molar-refractivity contribution in [3.8, 4) is 0 Å². The van der Waals surface area contributed by atoms with Crippen molar-refractivity contribution in [1.82, 2.24) is 5.01 Å². The monoisotopic (exact) mass is 265 g/mol. The second kappa shape index (κ2) is 5.36. The Bertz CT molecular complexity index is 519. The first-order valence-corrected chi connectivity index (χ1v) is 6.12. The van der Waals surface area contributed by atoms with Crippen LogP contribution in [-0.4, -0.2) is 23.4 Å². The molecule has 19 heavy (non-hydrogen) atoms. The van der Waals surface area contributed by atoms with E-state index in [9.17, 15) is 14.0 Å². The molecule has 1 aromatic carbocycles. The van der Waals surface area contributed by atoms with E-state index >= 15 is 0 Å². The molecule has 1 aliphatic rings. The van der Waals surface area contributed by atoms with E-state index < -0.39 is 23.5 Å². The number of carbonyl (C=O) groups is 2. The fraction of sp³-hybridized carbons (Fsp3) is 0.385. The highest BCUT2D eigenvalue weighted by molar-refractivity contribution is 6.06. The minimum Gasteiger partial charge on any atom is -0.323 e. The Balaban J connectivity index is 2.13. The van der Waals surface area contributed by atoms with E-state index in [4.69, 9.17) is 5.84 Å². The summed E-state index contributed by atoms with van der Waals surface area (Å²) >= 11 is 0. The number of rotatable bonds is 2. The molecular formula is C13H16FN3O2. The summed E-state index contributed by atoms with van der Waals surface area (Å²) in [6, 6.07) is 4.72. The Kier molecular flexibility index (Phi) is 3.80. The second-order valence-corrected chi connectivity index (χ2v) is 4.65. The summed E-state index contributed by atoms with van der Waals surface area (Å²) in [5, 5.41) is 3.50. The van der Waals surface area contributed by atoms with Gasteiger partial charge < -0.3 is 5.32 Å². The molecule has 2 rings (SSSR count). The normalized spacial score (nSPS) is 19.4. The summed E-state index contributed by atoms with van der Waals surface area (Å²) in [4.78, 5) is 23.8. The maximum Gasteiger partial charge on any atom is 0.249 e. The maximum absolute atomic E-state index is 13.8. The van der Waals surface area contributed by atoms with Gasteiger partial charge in [0, 0.05) is 6.54 Å². The first-order valence-electron chi connectivity index (χ1n) is 6.12. The summed E-state index contributed by atoms with van der Waals surface area (Å²) < 4.78 is 13.8. The van der Waals surface area contributed by atoms with Crippen molar-refractivity contribution in [3.05, 3.63) is 29.6 Å². The van der Waals surface area contributed by atoms with Crippen LogP contribution in [0.1, 0.15) is 18.4 Å². The highest BCUT2D eigenvalue weighted by Crippen LogP contribution is 2.21. The number of hydrogen-bond acceptors (Lipinski definition) is 3. The molecule has 1 aromatic rings. The van der Waals surface area contributed by atoms with Crippen LogP contribution in [0.3, 0.4) is 0 Å². The van der Waals surface area contributed by atoms with Crippen LogP contribution >= 0.6 is 0 Å². The fourth-order valence-electron chi connectivity index (χ4n) is 2.11. The minimum atomic E-state index is -0.835. The maximum atomic E-state index is 13.8. The van der Waals surface area contributed by atoms with E-state index in [1.807, 2.05) is 0 Å². The van der Waals surface area contributed by atoms with Gasteiger partial charge >= 0.3 is 0 Å². The van der Waals surface area contributed by atoms with Crippen LogP contribution in [0.5, 0.6) is 0 Å². The Labute approximate surface area is 110 Å². The van der Waals surface area contributed by atoms with Gasteiger partial charge in [0.25, 0.3) is 0 Å². The van der Waals surface area contributed by atoms with Crippen molar-refractivity contribution in [2.45, 2.75) is 19.8 Å². The van der Waals surface area contributed by atoms with Crippen LogP contribution in [0.2, 0.25) is 0 Å². The lowest BCUT2D eigenvalue weighted by Crippen LogP contribution is -2.49. The summed E-state index contributed by atoms with van der Waals surface area (Å²) in [5.74, 6) is 3.24. The lowest BCUT2D eigenvalue weighted by atomic mass is 9.97. The Morgan fingerprint density at radius 1 is 1.53 bits per heavy atom. The first-order chi connectivity index (χ1) is 9.00. The molecule has 0 aliphatic carbocycles. The van der Waals surface area contributed by atoms with Crippen LogP contribution in [0, 0.1) is 18.7 Å². The Hall–Kier alpha value is -1.95. The van der Waals surface area contributed by atoms with Gasteiger partial charge in [0.1, 0.15) is 11.7 Å².